The van der Waals surface area contributed by atoms with E-state index in [9.17, 15) is 10.1 Å². The van der Waals surface area contributed by atoms with Gasteiger partial charge in [-0.15, -0.1) is 0 Å². The maximum absolute atomic E-state index is 12.3. The molecule has 1 atom stereocenters. The number of anilines is 1. The number of carbonyl (C=O) groups is 1. The molecule has 1 aromatic carbocycles. The maximum atomic E-state index is 12.3. The topological polar surface area (TPSA) is 97.7 Å². The van der Waals surface area contributed by atoms with Crippen molar-refractivity contribution in [3.8, 4) is 17.8 Å². The van der Waals surface area contributed by atoms with Crippen molar-refractivity contribution in [2.75, 3.05) is 25.5 Å². The van der Waals surface area contributed by atoms with Gasteiger partial charge in [0.1, 0.15) is 11.6 Å². The van der Waals surface area contributed by atoms with E-state index in [1.54, 1.807) is 18.9 Å². The highest BCUT2D eigenvalue weighted by atomic mass is 16.2. The molecule has 0 unspecified atom stereocenters. The van der Waals surface area contributed by atoms with Crippen molar-refractivity contribution in [3.05, 3.63) is 42.1 Å². The molecule has 1 N–H and O–H groups in total. The van der Waals surface area contributed by atoms with Crippen LogP contribution in [0.25, 0.3) is 5.69 Å². The zero-order valence-electron chi connectivity index (χ0n) is 13.6. The maximum Gasteiger partial charge on any atom is 0.239 e. The number of nitrogens with one attached hydrogen (secondary N) is 1. The van der Waals surface area contributed by atoms with Gasteiger partial charge in [-0.25, -0.2) is 4.68 Å². The number of nitriles is 2. The number of amides is 1. The quantitative estimate of drug-likeness (QED) is 0.874. The molecule has 0 aliphatic heterocycles. The van der Waals surface area contributed by atoms with Crippen LogP contribution in [0.2, 0.25) is 0 Å². The van der Waals surface area contributed by atoms with Gasteiger partial charge in [0.25, 0.3) is 0 Å². The zero-order chi connectivity index (χ0) is 17.5. The van der Waals surface area contributed by atoms with Crippen LogP contribution in [0, 0.1) is 28.6 Å². The predicted octanol–water partition coefficient (Wildman–Crippen LogP) is 1.77. The fourth-order valence-electron chi connectivity index (χ4n) is 2.31. The molecule has 0 aliphatic carbocycles. The molecule has 0 spiro atoms. The van der Waals surface area contributed by atoms with E-state index in [1.807, 2.05) is 36.4 Å². The van der Waals surface area contributed by atoms with E-state index in [4.69, 9.17) is 5.26 Å². The number of rotatable bonds is 6. The second-order valence-electron chi connectivity index (χ2n) is 5.54. The first kappa shape index (κ1) is 17.2. The fraction of sp³-hybridized carbons (Fsp3) is 0.294. The van der Waals surface area contributed by atoms with Gasteiger partial charge in [0.15, 0.2) is 5.82 Å². The highest BCUT2D eigenvalue weighted by molar-refractivity contribution is 5.92. The Balaban J connectivity index is 2.15. The van der Waals surface area contributed by atoms with Gasteiger partial charge in [-0.3, -0.25) is 9.69 Å². The lowest BCUT2D eigenvalue weighted by Gasteiger charge is -2.17. The normalized spacial score (nSPS) is 11.5. The summed E-state index contributed by atoms with van der Waals surface area (Å²) in [6, 6.07) is 13.4. The van der Waals surface area contributed by atoms with Crippen molar-refractivity contribution in [2.24, 2.45) is 5.92 Å². The summed E-state index contributed by atoms with van der Waals surface area (Å²) in [4.78, 5) is 14.0. The van der Waals surface area contributed by atoms with Crippen molar-refractivity contribution in [1.29, 1.82) is 10.5 Å². The van der Waals surface area contributed by atoms with E-state index < -0.39 is 0 Å². The molecule has 7 nitrogen and oxygen atoms in total. The highest BCUT2D eigenvalue weighted by Gasteiger charge is 2.16. The van der Waals surface area contributed by atoms with E-state index in [1.165, 1.54) is 10.9 Å². The van der Waals surface area contributed by atoms with Crippen LogP contribution < -0.4 is 5.32 Å². The first-order chi connectivity index (χ1) is 11.5. The van der Waals surface area contributed by atoms with Gasteiger partial charge in [0.2, 0.25) is 5.91 Å². The number of hydrogen-bond acceptors (Lipinski definition) is 5. The van der Waals surface area contributed by atoms with Gasteiger partial charge >= 0.3 is 0 Å². The van der Waals surface area contributed by atoms with Crippen LogP contribution in [0.5, 0.6) is 0 Å². The van der Waals surface area contributed by atoms with Crippen molar-refractivity contribution in [1.82, 2.24) is 14.7 Å². The minimum atomic E-state index is -0.267. The molecule has 0 radical (unpaired) electrons. The van der Waals surface area contributed by atoms with Crippen molar-refractivity contribution < 1.29 is 4.79 Å². The smallest absolute Gasteiger partial charge is 0.239 e. The van der Waals surface area contributed by atoms with Crippen LogP contribution in [0.4, 0.5) is 5.82 Å². The molecule has 1 aromatic heterocycles. The molecular weight excluding hydrogens is 304 g/mol. The average molecular weight is 322 g/mol. The van der Waals surface area contributed by atoms with Crippen molar-refractivity contribution in [3.63, 3.8) is 0 Å². The lowest BCUT2D eigenvalue weighted by molar-refractivity contribution is -0.117. The molecule has 1 heterocycles. The molecule has 0 saturated carbocycles. The van der Waals surface area contributed by atoms with E-state index in [-0.39, 0.29) is 18.4 Å². The van der Waals surface area contributed by atoms with Crippen LogP contribution >= 0.6 is 0 Å². The molecular formula is C17H18N6O. The van der Waals surface area contributed by atoms with E-state index >= 15 is 0 Å². The Morgan fingerprint density at radius 1 is 1.38 bits per heavy atom. The third-order valence-electron chi connectivity index (χ3n) is 3.37. The first-order valence-corrected chi connectivity index (χ1v) is 7.46. The van der Waals surface area contributed by atoms with Crippen LogP contribution in [0.1, 0.15) is 12.5 Å². The Labute approximate surface area is 140 Å². The number of para-hydroxylation sites is 1. The molecule has 1 amide bonds. The van der Waals surface area contributed by atoms with Gasteiger partial charge < -0.3 is 5.32 Å². The summed E-state index contributed by atoms with van der Waals surface area (Å²) in [5.41, 5.74) is 1.04. The number of likely N-dealkylation sites (N-methyl/N-ethyl adjacent to an activating group) is 1. The van der Waals surface area contributed by atoms with Crippen LogP contribution in [0.15, 0.2) is 36.5 Å². The Kier molecular flexibility index (Phi) is 5.67. The Morgan fingerprint density at radius 2 is 2.08 bits per heavy atom. The number of hydrogen-bond donors (Lipinski definition) is 1. The highest BCUT2D eigenvalue weighted by Crippen LogP contribution is 2.19. The minimum Gasteiger partial charge on any atom is -0.308 e. The molecule has 2 rings (SSSR count). The average Bonchev–Trinajstić information content (AvgIpc) is 2.97. The molecule has 122 valence electrons. The number of carbonyl (C=O) groups excluding carboxylic acids is 1. The minimum absolute atomic E-state index is 0.122. The second-order valence-corrected chi connectivity index (χ2v) is 5.54. The van der Waals surface area contributed by atoms with E-state index in [0.29, 0.717) is 17.9 Å². The third kappa shape index (κ3) is 4.19. The summed E-state index contributed by atoms with van der Waals surface area (Å²) < 4.78 is 1.52. The van der Waals surface area contributed by atoms with E-state index in [2.05, 4.69) is 16.5 Å². The Morgan fingerprint density at radius 3 is 2.71 bits per heavy atom. The molecule has 0 aliphatic rings. The lowest BCUT2D eigenvalue weighted by Crippen LogP contribution is -2.33. The number of nitrogens with zero attached hydrogens (tertiary/aromatic N) is 5. The fourth-order valence-corrected chi connectivity index (χ4v) is 2.31. The number of benzene rings is 1. The number of aromatic nitrogens is 2. The summed E-state index contributed by atoms with van der Waals surface area (Å²) in [5.74, 6) is -0.0837. The van der Waals surface area contributed by atoms with Crippen LogP contribution in [-0.2, 0) is 4.79 Å². The van der Waals surface area contributed by atoms with Crippen molar-refractivity contribution >= 4 is 11.7 Å². The SMILES string of the molecule is C[C@H](C#N)CN(C)CC(=O)Nc1c(C#N)cnn1-c1ccccc1. The van der Waals surface area contributed by atoms with Gasteiger partial charge in [0, 0.05) is 6.54 Å². The molecule has 7 heteroatoms. The molecule has 0 bridgehead atoms. The molecule has 24 heavy (non-hydrogen) atoms. The Bertz CT molecular complexity index is 784. The largest absolute Gasteiger partial charge is 0.308 e. The third-order valence-corrected chi connectivity index (χ3v) is 3.37. The summed E-state index contributed by atoms with van der Waals surface area (Å²) in [6.45, 7) is 2.41. The second kappa shape index (κ2) is 7.91. The van der Waals surface area contributed by atoms with Gasteiger partial charge in [0.05, 0.1) is 30.4 Å². The monoisotopic (exact) mass is 322 g/mol. The van der Waals surface area contributed by atoms with Gasteiger partial charge in [-0.05, 0) is 26.1 Å². The van der Waals surface area contributed by atoms with Gasteiger partial charge in [-0.2, -0.15) is 15.6 Å². The zero-order valence-corrected chi connectivity index (χ0v) is 13.6. The summed E-state index contributed by atoms with van der Waals surface area (Å²) in [6.07, 6.45) is 1.42. The van der Waals surface area contributed by atoms with E-state index in [0.717, 1.165) is 5.69 Å². The lowest BCUT2D eigenvalue weighted by atomic mass is 10.2. The van der Waals surface area contributed by atoms with Crippen LogP contribution in [0.3, 0.4) is 0 Å². The van der Waals surface area contributed by atoms with Gasteiger partial charge in [-0.1, -0.05) is 18.2 Å². The summed E-state index contributed by atoms with van der Waals surface area (Å²) in [7, 11) is 1.77. The first-order valence-electron chi connectivity index (χ1n) is 7.46. The Hall–Kier alpha value is -3.16. The summed E-state index contributed by atoms with van der Waals surface area (Å²) in [5, 5.41) is 25.0. The van der Waals surface area contributed by atoms with Crippen LogP contribution in [-0.4, -0.2) is 40.7 Å². The summed E-state index contributed by atoms with van der Waals surface area (Å²) >= 11 is 0. The standard InChI is InChI=1S/C17H18N6O/c1-13(8-18)11-22(2)12-16(24)21-17-14(9-19)10-20-23(17)15-6-4-3-5-7-15/h3-7,10,13H,11-12H2,1-2H3,(H,21,24)/t13-/m1/s1. The molecule has 0 fully saturated rings. The van der Waals surface area contributed by atoms with Crippen molar-refractivity contribution in [2.45, 2.75) is 6.92 Å². The molecule has 2 aromatic rings. The predicted molar refractivity (Wildman–Crippen MR) is 89.2 cm³/mol. The molecule has 0 saturated heterocycles.